The second kappa shape index (κ2) is 6.18. The van der Waals surface area contributed by atoms with Crippen molar-refractivity contribution in [2.24, 2.45) is 0 Å². The molecule has 2 rings (SSSR count). The van der Waals surface area contributed by atoms with Crippen molar-refractivity contribution >= 4 is 15.9 Å². The Hall–Kier alpha value is -0.380. The molecule has 0 aromatic heterocycles. The molecule has 1 saturated carbocycles. The van der Waals surface area contributed by atoms with E-state index in [9.17, 15) is 5.11 Å². The van der Waals surface area contributed by atoms with E-state index in [1.54, 1.807) is 0 Å². The Balaban J connectivity index is 1.79. The van der Waals surface area contributed by atoms with Gasteiger partial charge < -0.3 is 10.4 Å². The number of aliphatic hydroxyl groups is 1. The highest BCUT2D eigenvalue weighted by molar-refractivity contribution is 9.10. The third-order valence-corrected chi connectivity index (χ3v) is 4.42. The van der Waals surface area contributed by atoms with Gasteiger partial charge in [-0.1, -0.05) is 34.1 Å². The first kappa shape index (κ1) is 14.0. The molecular formula is C15H22BrNO. The van der Waals surface area contributed by atoms with Gasteiger partial charge in [-0.15, -0.1) is 0 Å². The molecule has 0 amide bonds. The molecule has 3 heteroatoms. The van der Waals surface area contributed by atoms with Gasteiger partial charge in [0.2, 0.25) is 0 Å². The number of rotatable bonds is 5. The molecule has 0 radical (unpaired) electrons. The number of aliphatic hydroxyl groups excluding tert-OH is 1. The summed E-state index contributed by atoms with van der Waals surface area (Å²) >= 11 is 3.62. The zero-order chi connectivity index (χ0) is 13.1. The van der Waals surface area contributed by atoms with Gasteiger partial charge in [0.05, 0.1) is 6.10 Å². The number of halogens is 1. The zero-order valence-corrected chi connectivity index (χ0v) is 12.7. The van der Waals surface area contributed by atoms with Crippen LogP contribution in [0.3, 0.4) is 0 Å². The van der Waals surface area contributed by atoms with Crippen LogP contribution in [0.25, 0.3) is 0 Å². The number of hydrogen-bond acceptors (Lipinski definition) is 2. The molecule has 2 nitrogen and oxygen atoms in total. The van der Waals surface area contributed by atoms with Crippen molar-refractivity contribution in [3.8, 4) is 0 Å². The lowest BCUT2D eigenvalue weighted by Gasteiger charge is -2.38. The van der Waals surface area contributed by atoms with E-state index in [0.29, 0.717) is 18.0 Å². The number of hydrogen-bond donors (Lipinski definition) is 2. The minimum Gasteiger partial charge on any atom is -0.393 e. The first-order valence-corrected chi connectivity index (χ1v) is 7.54. The molecule has 2 atom stereocenters. The summed E-state index contributed by atoms with van der Waals surface area (Å²) in [5.74, 6) is 0.678. The van der Waals surface area contributed by atoms with Crippen LogP contribution in [0.4, 0.5) is 0 Å². The smallest absolute Gasteiger partial charge is 0.0526 e. The highest BCUT2D eigenvalue weighted by atomic mass is 79.9. The Kier molecular flexibility index (Phi) is 4.82. The molecule has 2 N–H and O–H groups in total. The van der Waals surface area contributed by atoms with Crippen LogP contribution in [-0.4, -0.2) is 23.3 Å². The normalized spacial score (nSPS) is 26.4. The summed E-state index contributed by atoms with van der Waals surface area (Å²) in [6.07, 6.45) is 3.02. The summed E-state index contributed by atoms with van der Waals surface area (Å²) in [5.41, 5.74) is 1.43. The van der Waals surface area contributed by atoms with Crippen molar-refractivity contribution < 1.29 is 5.11 Å². The van der Waals surface area contributed by atoms with E-state index in [-0.39, 0.29) is 6.10 Å². The van der Waals surface area contributed by atoms with Gasteiger partial charge in [0.15, 0.2) is 0 Å². The van der Waals surface area contributed by atoms with Crippen LogP contribution in [0, 0.1) is 0 Å². The predicted octanol–water partition coefficient (Wildman–Crippen LogP) is 3.44. The first-order chi connectivity index (χ1) is 8.56. The van der Waals surface area contributed by atoms with Crippen molar-refractivity contribution in [2.75, 3.05) is 0 Å². The van der Waals surface area contributed by atoms with Gasteiger partial charge in [-0.3, -0.25) is 0 Å². The lowest BCUT2D eigenvalue weighted by Crippen LogP contribution is -2.45. The highest BCUT2D eigenvalue weighted by Crippen LogP contribution is 2.40. The average Bonchev–Trinajstić information content (AvgIpc) is 2.23. The second-order valence-electron chi connectivity index (χ2n) is 5.54. The van der Waals surface area contributed by atoms with Crippen molar-refractivity contribution in [1.29, 1.82) is 0 Å². The maximum absolute atomic E-state index is 9.35. The van der Waals surface area contributed by atoms with E-state index in [0.717, 1.165) is 6.42 Å². The second-order valence-corrected chi connectivity index (χ2v) is 6.39. The minimum absolute atomic E-state index is 0.216. The fourth-order valence-corrected chi connectivity index (χ4v) is 3.40. The van der Waals surface area contributed by atoms with Gasteiger partial charge in [-0.25, -0.2) is 0 Å². The Bertz CT molecular complexity index is 388. The maximum atomic E-state index is 9.35. The minimum atomic E-state index is -0.216. The molecule has 1 aliphatic rings. The van der Waals surface area contributed by atoms with E-state index in [1.807, 2.05) is 6.92 Å². The lowest BCUT2D eigenvalue weighted by atomic mass is 9.75. The van der Waals surface area contributed by atoms with Crippen LogP contribution in [0.1, 0.15) is 44.6 Å². The number of benzene rings is 1. The molecule has 1 aromatic rings. The molecule has 18 heavy (non-hydrogen) atoms. The van der Waals surface area contributed by atoms with Crippen LogP contribution in [0.15, 0.2) is 28.7 Å². The van der Waals surface area contributed by atoms with Crippen LogP contribution in [-0.2, 0) is 0 Å². The third-order valence-electron chi connectivity index (χ3n) is 3.70. The molecule has 0 saturated heterocycles. The Labute approximate surface area is 118 Å². The van der Waals surface area contributed by atoms with Gasteiger partial charge in [-0.2, -0.15) is 0 Å². The van der Waals surface area contributed by atoms with Crippen molar-refractivity contribution in [1.82, 2.24) is 5.32 Å². The highest BCUT2D eigenvalue weighted by Gasteiger charge is 2.31. The summed E-state index contributed by atoms with van der Waals surface area (Å²) in [6, 6.07) is 9.51. The predicted molar refractivity (Wildman–Crippen MR) is 78.8 cm³/mol. The standard InChI is InChI=1S/C15H22BrNO/c1-10(7-11(2)18)17-13-8-12(9-13)14-5-3-4-6-15(14)16/h3-6,10-13,17-18H,7-9H2,1-2H3. The Morgan fingerprint density at radius 3 is 2.61 bits per heavy atom. The fourth-order valence-electron chi connectivity index (χ4n) is 2.80. The molecule has 1 aromatic carbocycles. The summed E-state index contributed by atoms with van der Waals surface area (Å²) in [5, 5.41) is 12.9. The molecule has 100 valence electrons. The quantitative estimate of drug-likeness (QED) is 0.873. The molecule has 0 spiro atoms. The van der Waals surface area contributed by atoms with Gasteiger partial charge in [0.1, 0.15) is 0 Å². The van der Waals surface area contributed by atoms with Gasteiger partial charge in [0, 0.05) is 16.6 Å². The van der Waals surface area contributed by atoms with Gasteiger partial charge >= 0.3 is 0 Å². The molecule has 0 bridgehead atoms. The summed E-state index contributed by atoms with van der Waals surface area (Å²) in [6.45, 7) is 4.00. The Morgan fingerprint density at radius 2 is 2.00 bits per heavy atom. The molecular weight excluding hydrogens is 290 g/mol. The monoisotopic (exact) mass is 311 g/mol. The summed E-state index contributed by atoms with van der Waals surface area (Å²) in [4.78, 5) is 0. The van der Waals surface area contributed by atoms with Crippen LogP contribution in [0.2, 0.25) is 0 Å². The average molecular weight is 312 g/mol. The van der Waals surface area contributed by atoms with E-state index < -0.39 is 0 Å². The van der Waals surface area contributed by atoms with E-state index in [1.165, 1.54) is 22.9 Å². The molecule has 1 fully saturated rings. The van der Waals surface area contributed by atoms with Crippen molar-refractivity contribution in [3.05, 3.63) is 34.3 Å². The molecule has 0 heterocycles. The first-order valence-electron chi connectivity index (χ1n) is 6.74. The van der Waals surface area contributed by atoms with E-state index in [2.05, 4.69) is 52.4 Å². The Morgan fingerprint density at radius 1 is 1.33 bits per heavy atom. The van der Waals surface area contributed by atoms with E-state index >= 15 is 0 Å². The lowest BCUT2D eigenvalue weighted by molar-refractivity contribution is 0.159. The zero-order valence-electron chi connectivity index (χ0n) is 11.1. The SMILES string of the molecule is CC(O)CC(C)NC1CC(c2ccccc2Br)C1. The van der Waals surface area contributed by atoms with Crippen LogP contribution < -0.4 is 5.32 Å². The molecule has 0 aliphatic heterocycles. The van der Waals surface area contributed by atoms with E-state index in [4.69, 9.17) is 0 Å². The largest absolute Gasteiger partial charge is 0.393 e. The summed E-state index contributed by atoms with van der Waals surface area (Å²) < 4.78 is 1.23. The van der Waals surface area contributed by atoms with Gasteiger partial charge in [-0.05, 0) is 50.7 Å². The van der Waals surface area contributed by atoms with Gasteiger partial charge in [0.25, 0.3) is 0 Å². The third kappa shape index (κ3) is 3.56. The molecule has 2 unspecified atom stereocenters. The number of nitrogens with one attached hydrogen (secondary N) is 1. The maximum Gasteiger partial charge on any atom is 0.0526 e. The summed E-state index contributed by atoms with van der Waals surface area (Å²) in [7, 11) is 0. The fraction of sp³-hybridized carbons (Fsp3) is 0.600. The molecule has 1 aliphatic carbocycles. The van der Waals surface area contributed by atoms with Crippen LogP contribution in [0.5, 0.6) is 0 Å². The van der Waals surface area contributed by atoms with Crippen molar-refractivity contribution in [2.45, 2.75) is 57.2 Å². The van der Waals surface area contributed by atoms with Crippen LogP contribution >= 0.6 is 15.9 Å². The van der Waals surface area contributed by atoms with Crippen molar-refractivity contribution in [3.63, 3.8) is 0 Å². The topological polar surface area (TPSA) is 32.3 Å².